The number of ether oxygens (including phenoxy) is 1. The van der Waals surface area contributed by atoms with Gasteiger partial charge in [-0.1, -0.05) is 19.1 Å². The van der Waals surface area contributed by atoms with Crippen LogP contribution in [-0.4, -0.2) is 11.6 Å². The van der Waals surface area contributed by atoms with Crippen LogP contribution in [0, 0.1) is 6.92 Å². The van der Waals surface area contributed by atoms with E-state index in [4.69, 9.17) is 9.15 Å². The Balaban J connectivity index is 1.90. The Morgan fingerprint density at radius 3 is 2.95 bits per heavy atom. The first-order valence-electron chi connectivity index (χ1n) is 7.06. The Labute approximate surface area is 120 Å². The molecule has 1 heterocycles. The first kappa shape index (κ1) is 14.6. The summed E-state index contributed by atoms with van der Waals surface area (Å²) in [6.45, 7) is 7.56. The second kappa shape index (κ2) is 7.10. The molecule has 0 aliphatic rings. The van der Waals surface area contributed by atoms with Gasteiger partial charge in [0, 0.05) is 6.54 Å². The first-order valence-corrected chi connectivity index (χ1v) is 7.06. The monoisotopic (exact) mass is 274 g/mol. The molecule has 0 aliphatic heterocycles. The van der Waals surface area contributed by atoms with Crippen LogP contribution in [0.25, 0.3) is 0 Å². The van der Waals surface area contributed by atoms with Gasteiger partial charge in [0.25, 0.3) is 0 Å². The van der Waals surface area contributed by atoms with Crippen molar-refractivity contribution in [2.75, 3.05) is 6.61 Å². The predicted octanol–water partition coefficient (Wildman–Crippen LogP) is 3.62. The highest BCUT2D eigenvalue weighted by Crippen LogP contribution is 2.16. The summed E-state index contributed by atoms with van der Waals surface area (Å²) >= 11 is 0. The smallest absolute Gasteiger partial charge is 0.211 e. The molecule has 0 aliphatic carbocycles. The predicted molar refractivity (Wildman–Crippen MR) is 78.7 cm³/mol. The minimum absolute atomic E-state index is 0.0870. The van der Waals surface area contributed by atoms with Crippen molar-refractivity contribution in [3.8, 4) is 5.75 Å². The summed E-state index contributed by atoms with van der Waals surface area (Å²) in [6, 6.07) is 8.24. The lowest BCUT2D eigenvalue weighted by molar-refractivity contribution is 0.317. The summed E-state index contributed by atoms with van der Waals surface area (Å²) in [4.78, 5) is 4.23. The van der Waals surface area contributed by atoms with Crippen LogP contribution in [0.5, 0.6) is 5.75 Å². The Morgan fingerprint density at radius 1 is 1.40 bits per heavy atom. The van der Waals surface area contributed by atoms with E-state index in [9.17, 15) is 0 Å². The van der Waals surface area contributed by atoms with Gasteiger partial charge in [-0.2, -0.15) is 0 Å². The molecule has 108 valence electrons. The lowest BCUT2D eigenvalue weighted by Gasteiger charge is -2.11. The summed E-state index contributed by atoms with van der Waals surface area (Å²) in [5.41, 5.74) is 1.19. The van der Waals surface area contributed by atoms with Gasteiger partial charge in [0.1, 0.15) is 11.5 Å². The largest absolute Gasteiger partial charge is 0.494 e. The van der Waals surface area contributed by atoms with Crippen molar-refractivity contribution in [2.45, 2.75) is 39.8 Å². The van der Waals surface area contributed by atoms with Crippen molar-refractivity contribution in [1.82, 2.24) is 10.3 Å². The van der Waals surface area contributed by atoms with Crippen molar-refractivity contribution in [3.05, 3.63) is 47.7 Å². The first-order chi connectivity index (χ1) is 9.69. The molecule has 0 saturated carbocycles. The maximum absolute atomic E-state index is 5.63. The Kier molecular flexibility index (Phi) is 5.18. The van der Waals surface area contributed by atoms with Gasteiger partial charge in [0.05, 0.1) is 18.8 Å². The lowest BCUT2D eigenvalue weighted by Crippen LogP contribution is -2.18. The third-order valence-corrected chi connectivity index (χ3v) is 2.99. The zero-order valence-corrected chi connectivity index (χ0v) is 12.3. The topological polar surface area (TPSA) is 47.3 Å². The van der Waals surface area contributed by atoms with E-state index in [1.807, 2.05) is 26.0 Å². The van der Waals surface area contributed by atoms with E-state index in [1.165, 1.54) is 5.56 Å². The van der Waals surface area contributed by atoms with Gasteiger partial charge in [-0.15, -0.1) is 0 Å². The van der Waals surface area contributed by atoms with Crippen LogP contribution >= 0.6 is 0 Å². The molecule has 2 rings (SSSR count). The lowest BCUT2D eigenvalue weighted by atomic mass is 10.2. The van der Waals surface area contributed by atoms with Gasteiger partial charge in [-0.05, 0) is 38.0 Å². The number of nitrogens with zero attached hydrogens (tertiary/aromatic N) is 1. The molecule has 4 nitrogen and oxygen atoms in total. The molecule has 0 saturated heterocycles. The zero-order chi connectivity index (χ0) is 14.4. The van der Waals surface area contributed by atoms with E-state index >= 15 is 0 Å². The van der Waals surface area contributed by atoms with Crippen LogP contribution in [-0.2, 0) is 6.54 Å². The average molecular weight is 274 g/mol. The number of nitrogens with one attached hydrogen (secondary N) is 1. The highest BCUT2D eigenvalue weighted by Gasteiger charge is 2.10. The quantitative estimate of drug-likeness (QED) is 0.837. The van der Waals surface area contributed by atoms with Gasteiger partial charge in [0.2, 0.25) is 5.89 Å². The highest BCUT2D eigenvalue weighted by molar-refractivity contribution is 5.28. The molecule has 0 fully saturated rings. The standard InChI is InChI=1S/C16H22N2O2/c1-4-8-19-15-7-5-6-14(9-15)11-17-13(3)16-18-10-12(2)20-16/h5-7,9-10,13,17H,4,8,11H2,1-3H3. The van der Waals surface area contributed by atoms with Crippen LogP contribution < -0.4 is 10.1 Å². The summed E-state index contributed by atoms with van der Waals surface area (Å²) < 4.78 is 11.1. The normalized spacial score (nSPS) is 12.3. The van der Waals surface area contributed by atoms with Gasteiger partial charge in [-0.25, -0.2) is 4.98 Å². The summed E-state index contributed by atoms with van der Waals surface area (Å²) in [5, 5.41) is 3.40. The zero-order valence-electron chi connectivity index (χ0n) is 12.3. The summed E-state index contributed by atoms with van der Waals surface area (Å²) in [5.74, 6) is 2.48. The second-order valence-electron chi connectivity index (χ2n) is 4.91. The number of hydrogen-bond donors (Lipinski definition) is 1. The van der Waals surface area contributed by atoms with Crippen molar-refractivity contribution < 1.29 is 9.15 Å². The molecule has 0 amide bonds. The fourth-order valence-electron chi connectivity index (χ4n) is 1.90. The second-order valence-corrected chi connectivity index (χ2v) is 4.91. The molecule has 0 radical (unpaired) electrons. The van der Waals surface area contributed by atoms with Crippen LogP contribution in [0.1, 0.15) is 43.5 Å². The number of aryl methyl sites for hydroxylation is 1. The van der Waals surface area contributed by atoms with E-state index in [0.717, 1.165) is 37.0 Å². The number of aromatic nitrogens is 1. The van der Waals surface area contributed by atoms with E-state index in [-0.39, 0.29) is 6.04 Å². The molecule has 2 aromatic rings. The Bertz CT molecular complexity index is 537. The molecule has 0 spiro atoms. The van der Waals surface area contributed by atoms with Gasteiger partial charge in [0.15, 0.2) is 0 Å². The van der Waals surface area contributed by atoms with E-state index in [0.29, 0.717) is 0 Å². The van der Waals surface area contributed by atoms with Crippen LogP contribution in [0.15, 0.2) is 34.9 Å². The fourth-order valence-corrected chi connectivity index (χ4v) is 1.90. The molecular weight excluding hydrogens is 252 g/mol. The van der Waals surface area contributed by atoms with Crippen LogP contribution in [0.3, 0.4) is 0 Å². The number of rotatable bonds is 7. The molecule has 4 heteroatoms. The number of oxazole rings is 1. The summed E-state index contributed by atoms with van der Waals surface area (Å²) in [6.07, 6.45) is 2.76. The molecule has 1 N–H and O–H groups in total. The van der Waals surface area contributed by atoms with Gasteiger partial charge >= 0.3 is 0 Å². The van der Waals surface area contributed by atoms with Crippen molar-refractivity contribution >= 4 is 0 Å². The number of benzene rings is 1. The molecule has 1 unspecified atom stereocenters. The SMILES string of the molecule is CCCOc1cccc(CNC(C)c2ncc(C)o2)c1. The summed E-state index contributed by atoms with van der Waals surface area (Å²) in [7, 11) is 0. The molecule has 1 atom stereocenters. The number of hydrogen-bond acceptors (Lipinski definition) is 4. The molecule has 1 aromatic heterocycles. The van der Waals surface area contributed by atoms with E-state index < -0.39 is 0 Å². The van der Waals surface area contributed by atoms with Crippen LogP contribution in [0.4, 0.5) is 0 Å². The van der Waals surface area contributed by atoms with Crippen molar-refractivity contribution in [1.29, 1.82) is 0 Å². The average Bonchev–Trinajstić information content (AvgIpc) is 2.90. The fraction of sp³-hybridized carbons (Fsp3) is 0.438. The van der Waals surface area contributed by atoms with Gasteiger partial charge in [-0.3, -0.25) is 0 Å². The van der Waals surface area contributed by atoms with E-state index in [2.05, 4.69) is 29.4 Å². The van der Waals surface area contributed by atoms with Crippen molar-refractivity contribution in [2.24, 2.45) is 0 Å². The maximum Gasteiger partial charge on any atom is 0.211 e. The minimum Gasteiger partial charge on any atom is -0.494 e. The molecule has 0 bridgehead atoms. The van der Waals surface area contributed by atoms with E-state index in [1.54, 1.807) is 6.20 Å². The third-order valence-electron chi connectivity index (χ3n) is 2.99. The molecule has 20 heavy (non-hydrogen) atoms. The maximum atomic E-state index is 5.63. The van der Waals surface area contributed by atoms with Crippen molar-refractivity contribution in [3.63, 3.8) is 0 Å². The Hall–Kier alpha value is -1.81. The highest BCUT2D eigenvalue weighted by atomic mass is 16.5. The minimum atomic E-state index is 0.0870. The third kappa shape index (κ3) is 4.10. The van der Waals surface area contributed by atoms with Gasteiger partial charge < -0.3 is 14.5 Å². The van der Waals surface area contributed by atoms with Crippen LogP contribution in [0.2, 0.25) is 0 Å². The molecule has 1 aromatic carbocycles. The Morgan fingerprint density at radius 2 is 2.25 bits per heavy atom. The molecular formula is C16H22N2O2.